The normalized spacial score (nSPS) is 16.7. The van der Waals surface area contributed by atoms with Crippen LogP contribution in [0.15, 0.2) is 29.3 Å². The van der Waals surface area contributed by atoms with Crippen LogP contribution >= 0.6 is 0 Å². The number of nitrogens with zero attached hydrogens (tertiary/aromatic N) is 2. The zero-order valence-corrected chi connectivity index (χ0v) is 11.3. The van der Waals surface area contributed by atoms with Gasteiger partial charge in [0.05, 0.1) is 0 Å². The van der Waals surface area contributed by atoms with Gasteiger partial charge in [0.15, 0.2) is 5.96 Å². The first-order chi connectivity index (χ1) is 9.25. The number of benzene rings is 1. The van der Waals surface area contributed by atoms with Gasteiger partial charge in [-0.2, -0.15) is 0 Å². The fraction of sp³-hybridized carbons (Fsp3) is 0.533. The Hall–Kier alpha value is -1.58. The highest BCUT2D eigenvalue weighted by atomic mass is 19.1. The Balaban J connectivity index is 1.73. The first-order valence-electron chi connectivity index (χ1n) is 7.05. The minimum atomic E-state index is -0.172. The molecule has 1 aromatic carbocycles. The van der Waals surface area contributed by atoms with Crippen molar-refractivity contribution in [2.75, 3.05) is 19.6 Å². The van der Waals surface area contributed by atoms with E-state index in [0.29, 0.717) is 12.5 Å². The smallest absolute Gasteiger partial charge is 0.191 e. The molecule has 0 bridgehead atoms. The molecule has 0 amide bonds. The van der Waals surface area contributed by atoms with Gasteiger partial charge in [-0.25, -0.2) is 4.39 Å². The largest absolute Gasteiger partial charge is 0.370 e. The maximum Gasteiger partial charge on any atom is 0.191 e. The predicted molar refractivity (Wildman–Crippen MR) is 76.6 cm³/mol. The van der Waals surface area contributed by atoms with Crippen LogP contribution in [0, 0.1) is 5.82 Å². The zero-order chi connectivity index (χ0) is 13.5. The second-order valence-corrected chi connectivity index (χ2v) is 5.02. The molecule has 0 atom stereocenters. The summed E-state index contributed by atoms with van der Waals surface area (Å²) in [7, 11) is 0. The van der Waals surface area contributed by atoms with Gasteiger partial charge >= 0.3 is 0 Å². The van der Waals surface area contributed by atoms with E-state index < -0.39 is 0 Å². The summed E-state index contributed by atoms with van der Waals surface area (Å²) >= 11 is 0. The molecule has 1 aliphatic rings. The van der Waals surface area contributed by atoms with Crippen LogP contribution in [0.25, 0.3) is 0 Å². The van der Waals surface area contributed by atoms with Crippen LogP contribution in [0.2, 0.25) is 0 Å². The number of guanidine groups is 1. The van der Waals surface area contributed by atoms with Crippen molar-refractivity contribution in [2.24, 2.45) is 10.7 Å². The quantitative estimate of drug-likeness (QED) is 0.515. The Morgan fingerprint density at radius 3 is 2.79 bits per heavy atom. The Kier molecular flexibility index (Phi) is 5.19. The van der Waals surface area contributed by atoms with E-state index in [1.165, 1.54) is 25.3 Å². The molecule has 2 N–H and O–H groups in total. The molecule has 104 valence electrons. The number of halogens is 1. The molecule has 0 aliphatic carbocycles. The SMILES string of the molecule is NC(=NCCCc1cccc(F)c1)N1CCCCC1. The van der Waals surface area contributed by atoms with E-state index in [0.717, 1.165) is 31.5 Å². The molecule has 0 unspecified atom stereocenters. The van der Waals surface area contributed by atoms with Crippen molar-refractivity contribution in [2.45, 2.75) is 32.1 Å². The second kappa shape index (κ2) is 7.12. The highest BCUT2D eigenvalue weighted by Gasteiger charge is 2.11. The lowest BCUT2D eigenvalue weighted by atomic mass is 10.1. The van der Waals surface area contributed by atoms with Gasteiger partial charge in [-0.3, -0.25) is 4.99 Å². The molecule has 4 heteroatoms. The molecule has 1 saturated heterocycles. The molecule has 19 heavy (non-hydrogen) atoms. The summed E-state index contributed by atoms with van der Waals surface area (Å²) in [6.07, 6.45) is 5.45. The zero-order valence-electron chi connectivity index (χ0n) is 11.3. The third-order valence-corrected chi connectivity index (χ3v) is 3.47. The summed E-state index contributed by atoms with van der Waals surface area (Å²) in [4.78, 5) is 6.57. The molecular weight excluding hydrogens is 241 g/mol. The summed E-state index contributed by atoms with van der Waals surface area (Å²) in [5.74, 6) is 0.493. The van der Waals surface area contributed by atoms with E-state index in [1.807, 2.05) is 6.07 Å². The van der Waals surface area contributed by atoms with Gasteiger partial charge in [-0.1, -0.05) is 12.1 Å². The maximum atomic E-state index is 13.0. The lowest BCUT2D eigenvalue weighted by molar-refractivity contribution is 0.338. The first kappa shape index (κ1) is 13.8. The van der Waals surface area contributed by atoms with E-state index in [2.05, 4.69) is 9.89 Å². The third kappa shape index (κ3) is 4.54. The van der Waals surface area contributed by atoms with Gasteiger partial charge < -0.3 is 10.6 Å². The molecule has 3 nitrogen and oxygen atoms in total. The fourth-order valence-corrected chi connectivity index (χ4v) is 2.39. The molecule has 2 rings (SSSR count). The van der Waals surface area contributed by atoms with Crippen LogP contribution in [0.3, 0.4) is 0 Å². The molecule has 1 aromatic rings. The van der Waals surface area contributed by atoms with Crippen LogP contribution in [-0.4, -0.2) is 30.5 Å². The van der Waals surface area contributed by atoms with Crippen molar-refractivity contribution in [1.29, 1.82) is 0 Å². The van der Waals surface area contributed by atoms with E-state index in [4.69, 9.17) is 5.73 Å². The molecular formula is C15H22FN3. The second-order valence-electron chi connectivity index (χ2n) is 5.02. The van der Waals surface area contributed by atoms with Gasteiger partial charge in [0.2, 0.25) is 0 Å². The Morgan fingerprint density at radius 1 is 1.26 bits per heavy atom. The van der Waals surface area contributed by atoms with Gasteiger partial charge in [0.1, 0.15) is 5.82 Å². The standard InChI is InChI=1S/C15H22FN3/c16-14-8-4-6-13(12-14)7-5-9-18-15(17)19-10-2-1-3-11-19/h4,6,8,12H,1-3,5,7,9-11H2,(H2,17,18). The Labute approximate surface area is 114 Å². The molecule has 1 fully saturated rings. The molecule has 0 saturated carbocycles. The van der Waals surface area contributed by atoms with Crippen molar-refractivity contribution < 1.29 is 4.39 Å². The van der Waals surface area contributed by atoms with Gasteiger partial charge in [0.25, 0.3) is 0 Å². The number of hydrogen-bond acceptors (Lipinski definition) is 1. The molecule has 0 aromatic heterocycles. The van der Waals surface area contributed by atoms with E-state index >= 15 is 0 Å². The average Bonchev–Trinajstić information content (AvgIpc) is 2.44. The van der Waals surface area contributed by atoms with Crippen LogP contribution in [-0.2, 0) is 6.42 Å². The predicted octanol–water partition coefficient (Wildman–Crippen LogP) is 2.56. The topological polar surface area (TPSA) is 41.6 Å². The minimum Gasteiger partial charge on any atom is -0.370 e. The summed E-state index contributed by atoms with van der Waals surface area (Å²) < 4.78 is 13.0. The number of rotatable bonds is 4. The molecule has 0 radical (unpaired) electrons. The molecule has 1 heterocycles. The van der Waals surface area contributed by atoms with Crippen LogP contribution in [0.4, 0.5) is 4.39 Å². The van der Waals surface area contributed by atoms with Crippen molar-refractivity contribution >= 4 is 5.96 Å². The third-order valence-electron chi connectivity index (χ3n) is 3.47. The fourth-order valence-electron chi connectivity index (χ4n) is 2.39. The number of aryl methyl sites for hydroxylation is 1. The number of hydrogen-bond donors (Lipinski definition) is 1. The summed E-state index contributed by atoms with van der Waals surface area (Å²) in [5, 5.41) is 0. The lowest BCUT2D eigenvalue weighted by Crippen LogP contribution is -2.40. The van der Waals surface area contributed by atoms with Gasteiger partial charge in [0, 0.05) is 19.6 Å². The first-order valence-corrected chi connectivity index (χ1v) is 7.05. The van der Waals surface area contributed by atoms with Crippen LogP contribution in [0.1, 0.15) is 31.2 Å². The summed E-state index contributed by atoms with van der Waals surface area (Å²) in [6.45, 7) is 2.76. The highest BCUT2D eigenvalue weighted by molar-refractivity contribution is 5.78. The van der Waals surface area contributed by atoms with Crippen LogP contribution in [0.5, 0.6) is 0 Å². The lowest BCUT2D eigenvalue weighted by Gasteiger charge is -2.27. The van der Waals surface area contributed by atoms with Crippen molar-refractivity contribution in [1.82, 2.24) is 4.90 Å². The van der Waals surface area contributed by atoms with Gasteiger partial charge in [-0.05, 0) is 49.8 Å². The van der Waals surface area contributed by atoms with E-state index in [1.54, 1.807) is 12.1 Å². The number of likely N-dealkylation sites (tertiary alicyclic amines) is 1. The molecule has 1 aliphatic heterocycles. The Bertz CT molecular complexity index is 425. The monoisotopic (exact) mass is 263 g/mol. The molecule has 0 spiro atoms. The van der Waals surface area contributed by atoms with Crippen LogP contribution < -0.4 is 5.73 Å². The van der Waals surface area contributed by atoms with Crippen molar-refractivity contribution in [3.63, 3.8) is 0 Å². The number of aliphatic imine (C=N–C) groups is 1. The summed E-state index contributed by atoms with van der Waals surface area (Å²) in [6, 6.07) is 6.74. The maximum absolute atomic E-state index is 13.0. The average molecular weight is 263 g/mol. The van der Waals surface area contributed by atoms with E-state index in [-0.39, 0.29) is 5.82 Å². The number of piperidine rings is 1. The van der Waals surface area contributed by atoms with Crippen molar-refractivity contribution in [3.8, 4) is 0 Å². The van der Waals surface area contributed by atoms with E-state index in [9.17, 15) is 4.39 Å². The number of nitrogens with two attached hydrogens (primary N) is 1. The van der Waals surface area contributed by atoms with Crippen molar-refractivity contribution in [3.05, 3.63) is 35.6 Å². The minimum absolute atomic E-state index is 0.172. The van der Waals surface area contributed by atoms with Gasteiger partial charge in [-0.15, -0.1) is 0 Å². The summed E-state index contributed by atoms with van der Waals surface area (Å²) in [5.41, 5.74) is 6.99. The highest BCUT2D eigenvalue weighted by Crippen LogP contribution is 2.09. The Morgan fingerprint density at radius 2 is 2.05 bits per heavy atom.